The van der Waals surface area contributed by atoms with Crippen LogP contribution in [0.5, 0.6) is 11.5 Å². The van der Waals surface area contributed by atoms with Crippen molar-refractivity contribution in [3.05, 3.63) is 154 Å². The lowest BCUT2D eigenvalue weighted by Crippen LogP contribution is -2.16. The van der Waals surface area contributed by atoms with Crippen molar-refractivity contribution >= 4 is 21.5 Å². The van der Waals surface area contributed by atoms with Crippen molar-refractivity contribution < 1.29 is 44.6 Å². The molecule has 0 unspecified atom stereocenters. The maximum absolute atomic E-state index is 14.1. The van der Waals surface area contributed by atoms with Gasteiger partial charge >= 0.3 is 12.7 Å². The summed E-state index contributed by atoms with van der Waals surface area (Å²) in [5, 5.41) is 2.62. The van der Waals surface area contributed by atoms with Gasteiger partial charge in [-0.15, -0.1) is 26.3 Å². The quantitative estimate of drug-likeness (QED) is 0.130. The van der Waals surface area contributed by atoms with E-state index in [-0.39, 0.29) is 23.1 Å². The van der Waals surface area contributed by atoms with E-state index in [1.165, 1.54) is 48.5 Å². The van der Waals surface area contributed by atoms with Crippen LogP contribution >= 0.6 is 0 Å². The first-order valence-electron chi connectivity index (χ1n) is 16.4. The van der Waals surface area contributed by atoms with Crippen molar-refractivity contribution in [2.24, 2.45) is 0 Å². The van der Waals surface area contributed by atoms with Crippen LogP contribution in [0.1, 0.15) is 53.6 Å². The Morgan fingerprint density at radius 1 is 0.472 bits per heavy atom. The maximum atomic E-state index is 14.1. The van der Waals surface area contributed by atoms with Crippen molar-refractivity contribution in [3.8, 4) is 35.2 Å². The molecule has 270 valence electrons. The molecule has 10 heteroatoms. The van der Waals surface area contributed by atoms with E-state index in [9.17, 15) is 35.1 Å². The van der Waals surface area contributed by atoms with Crippen LogP contribution in [0.2, 0.25) is 0 Å². The van der Waals surface area contributed by atoms with E-state index in [0.29, 0.717) is 38.4 Å². The van der Waals surface area contributed by atoms with E-state index in [2.05, 4.69) is 33.2 Å². The molecule has 0 aliphatic heterocycles. The van der Waals surface area contributed by atoms with Gasteiger partial charge in [0.1, 0.15) is 23.1 Å². The standard InChI is InChI=1S/C22H16F4O.C21H14F4O/c1-2-3-15-4-7-17(21(23)13-15)8-5-16-6-9-19-14-20(27-22(24,25)26)11-10-18(19)12-16;1-2-14-3-6-16(20(22)12-14)7-4-15-5-8-18-13-19(26-21(23,24)25)10-9-17(18)11-15/h4,6-7,9-14H,2-3H2,1H3;3,5-6,8-13H,2H2,1H3. The number of hydrogen-bond acceptors (Lipinski definition) is 2. The number of benzene rings is 6. The second-order valence-corrected chi connectivity index (χ2v) is 11.8. The van der Waals surface area contributed by atoms with Gasteiger partial charge in [0.05, 0.1) is 11.1 Å². The lowest BCUT2D eigenvalue weighted by Gasteiger charge is -2.09. The molecule has 0 aliphatic carbocycles. The molecule has 0 radical (unpaired) electrons. The number of alkyl halides is 6. The molecular formula is C43H30F8O2. The Morgan fingerprint density at radius 3 is 1.30 bits per heavy atom. The van der Waals surface area contributed by atoms with Crippen LogP contribution in [-0.4, -0.2) is 12.7 Å². The Hall–Kier alpha value is -6.00. The Kier molecular flexibility index (Phi) is 11.9. The summed E-state index contributed by atoms with van der Waals surface area (Å²) < 4.78 is 110. The number of fused-ring (bicyclic) bond motifs is 2. The fourth-order valence-corrected chi connectivity index (χ4v) is 5.26. The molecule has 0 saturated carbocycles. The highest BCUT2D eigenvalue weighted by molar-refractivity contribution is 5.86. The molecule has 6 aromatic carbocycles. The van der Waals surface area contributed by atoms with Gasteiger partial charge in [-0.3, -0.25) is 0 Å². The normalized spacial score (nSPS) is 11.1. The van der Waals surface area contributed by atoms with Crippen LogP contribution in [0.4, 0.5) is 35.1 Å². The highest BCUT2D eigenvalue weighted by Gasteiger charge is 2.31. The van der Waals surface area contributed by atoms with Crippen LogP contribution in [0, 0.1) is 35.3 Å². The molecule has 2 nitrogen and oxygen atoms in total. The summed E-state index contributed by atoms with van der Waals surface area (Å²) in [4.78, 5) is 0. The molecule has 0 spiro atoms. The van der Waals surface area contributed by atoms with E-state index < -0.39 is 12.7 Å². The molecule has 6 aromatic rings. The van der Waals surface area contributed by atoms with E-state index in [1.807, 2.05) is 26.0 Å². The average molecular weight is 731 g/mol. The molecular weight excluding hydrogens is 700 g/mol. The first-order chi connectivity index (χ1) is 25.2. The monoisotopic (exact) mass is 730 g/mol. The number of hydrogen-bond donors (Lipinski definition) is 0. The van der Waals surface area contributed by atoms with Crippen LogP contribution in [-0.2, 0) is 12.8 Å². The van der Waals surface area contributed by atoms with Gasteiger partial charge in [-0.05, 0) is 118 Å². The molecule has 0 aliphatic rings. The second-order valence-electron chi connectivity index (χ2n) is 11.8. The third-order valence-corrected chi connectivity index (χ3v) is 7.79. The van der Waals surface area contributed by atoms with Gasteiger partial charge in [-0.2, -0.15) is 0 Å². The van der Waals surface area contributed by atoms with Crippen molar-refractivity contribution in [1.82, 2.24) is 0 Å². The Morgan fingerprint density at radius 2 is 0.887 bits per heavy atom. The number of rotatable bonds is 5. The minimum atomic E-state index is -4.73. The molecule has 0 atom stereocenters. The van der Waals surface area contributed by atoms with Gasteiger partial charge in [0.25, 0.3) is 0 Å². The SMILES string of the molecule is CCCc1ccc(C#Cc2ccc3cc(OC(F)(F)F)ccc3c2)c(F)c1.CCc1ccc(C#Cc2ccc3cc(OC(F)(F)F)ccc3c2)c(F)c1. The first kappa shape index (κ1) is 38.2. The minimum Gasteiger partial charge on any atom is -0.406 e. The highest BCUT2D eigenvalue weighted by Crippen LogP contribution is 2.28. The zero-order chi connectivity index (χ0) is 38.2. The molecule has 0 heterocycles. The van der Waals surface area contributed by atoms with Crippen LogP contribution in [0.25, 0.3) is 21.5 Å². The van der Waals surface area contributed by atoms with Crippen molar-refractivity contribution in [3.63, 3.8) is 0 Å². The lowest BCUT2D eigenvalue weighted by atomic mass is 10.1. The highest BCUT2D eigenvalue weighted by atomic mass is 19.4. The van der Waals surface area contributed by atoms with Gasteiger partial charge in [0.15, 0.2) is 0 Å². The molecule has 0 N–H and O–H groups in total. The van der Waals surface area contributed by atoms with Crippen LogP contribution in [0.3, 0.4) is 0 Å². The fraction of sp³-hybridized carbons (Fsp3) is 0.163. The van der Waals surface area contributed by atoms with Gasteiger partial charge in [-0.1, -0.05) is 80.3 Å². The summed E-state index contributed by atoms with van der Waals surface area (Å²) in [5.74, 6) is 10.1. The van der Waals surface area contributed by atoms with Gasteiger partial charge in [0.2, 0.25) is 0 Å². The Balaban J connectivity index is 0.000000204. The number of ether oxygens (including phenoxy) is 2. The van der Waals surface area contributed by atoms with Crippen LogP contribution < -0.4 is 9.47 Å². The van der Waals surface area contributed by atoms with E-state index in [1.54, 1.807) is 48.5 Å². The summed E-state index contributed by atoms with van der Waals surface area (Å²) in [7, 11) is 0. The summed E-state index contributed by atoms with van der Waals surface area (Å²) in [6.07, 6.45) is -6.95. The molecule has 0 fully saturated rings. The largest absolute Gasteiger partial charge is 0.573 e. The van der Waals surface area contributed by atoms with Gasteiger partial charge < -0.3 is 9.47 Å². The Bertz CT molecular complexity index is 2370. The topological polar surface area (TPSA) is 18.5 Å². The summed E-state index contributed by atoms with van der Waals surface area (Å²) in [6.45, 7) is 3.98. The van der Waals surface area contributed by atoms with E-state index >= 15 is 0 Å². The van der Waals surface area contributed by atoms with E-state index in [4.69, 9.17) is 0 Å². The van der Waals surface area contributed by atoms with Crippen LogP contribution in [0.15, 0.2) is 109 Å². The fourth-order valence-electron chi connectivity index (χ4n) is 5.26. The second kappa shape index (κ2) is 16.6. The summed E-state index contributed by atoms with van der Waals surface area (Å²) >= 11 is 0. The molecule has 0 amide bonds. The van der Waals surface area contributed by atoms with Crippen molar-refractivity contribution in [2.75, 3.05) is 0 Å². The Labute approximate surface area is 301 Å². The zero-order valence-electron chi connectivity index (χ0n) is 28.4. The molecule has 53 heavy (non-hydrogen) atoms. The maximum Gasteiger partial charge on any atom is 0.573 e. The third kappa shape index (κ3) is 11.2. The predicted molar refractivity (Wildman–Crippen MR) is 189 cm³/mol. The molecule has 0 bridgehead atoms. The zero-order valence-corrected chi connectivity index (χ0v) is 28.4. The minimum absolute atomic E-state index is 0.275. The predicted octanol–water partition coefficient (Wildman–Crippen LogP) is 12.1. The van der Waals surface area contributed by atoms with Crippen molar-refractivity contribution in [1.29, 1.82) is 0 Å². The number of halogens is 8. The third-order valence-electron chi connectivity index (χ3n) is 7.79. The van der Waals surface area contributed by atoms with Gasteiger partial charge in [0, 0.05) is 11.1 Å². The summed E-state index contributed by atoms with van der Waals surface area (Å²) in [5.41, 5.74) is 3.73. The average Bonchev–Trinajstić information content (AvgIpc) is 3.09. The van der Waals surface area contributed by atoms with Gasteiger partial charge in [-0.25, -0.2) is 8.78 Å². The molecule has 0 saturated heterocycles. The summed E-state index contributed by atoms with van der Waals surface area (Å²) in [6, 6.07) is 28.3. The van der Waals surface area contributed by atoms with E-state index in [0.717, 1.165) is 35.8 Å². The molecule has 0 aromatic heterocycles. The lowest BCUT2D eigenvalue weighted by molar-refractivity contribution is -0.275. The smallest absolute Gasteiger partial charge is 0.406 e. The number of aryl methyl sites for hydroxylation is 2. The van der Waals surface area contributed by atoms with Crippen molar-refractivity contribution in [2.45, 2.75) is 45.8 Å². The first-order valence-corrected chi connectivity index (χ1v) is 16.4. The molecule has 6 rings (SSSR count).